The van der Waals surface area contributed by atoms with E-state index in [4.69, 9.17) is 11.0 Å². The van der Waals surface area contributed by atoms with Crippen LogP contribution in [-0.4, -0.2) is 8.42 Å². The average molecular weight is 304 g/mol. The summed E-state index contributed by atoms with van der Waals surface area (Å²) in [5, 5.41) is 8.80. The van der Waals surface area contributed by atoms with Crippen LogP contribution >= 0.6 is 0 Å². The van der Waals surface area contributed by atoms with Gasteiger partial charge in [-0.1, -0.05) is 6.07 Å². The minimum absolute atomic E-state index is 0.0188. The van der Waals surface area contributed by atoms with E-state index in [-0.39, 0.29) is 21.7 Å². The first-order valence-electron chi connectivity index (χ1n) is 6.10. The second-order valence-corrected chi connectivity index (χ2v) is 6.72. The Morgan fingerprint density at radius 1 is 1.24 bits per heavy atom. The topological polar surface area (TPSA) is 84.0 Å². The summed E-state index contributed by atoms with van der Waals surface area (Å²) in [6, 6.07) is 10.0. The maximum atomic E-state index is 13.4. The normalized spacial score (nSPS) is 11.1. The Morgan fingerprint density at radius 3 is 2.62 bits per heavy atom. The average Bonchev–Trinajstić information content (AvgIpc) is 2.40. The van der Waals surface area contributed by atoms with Crippen molar-refractivity contribution in [3.63, 3.8) is 0 Å². The fraction of sp³-hybridized carbons (Fsp3) is 0.133. The molecule has 0 saturated carbocycles. The fourth-order valence-corrected chi connectivity index (χ4v) is 3.56. The van der Waals surface area contributed by atoms with Crippen molar-refractivity contribution in [2.24, 2.45) is 0 Å². The van der Waals surface area contributed by atoms with Gasteiger partial charge in [-0.3, -0.25) is 0 Å². The molecule has 0 atom stereocenters. The maximum absolute atomic E-state index is 13.4. The van der Waals surface area contributed by atoms with Gasteiger partial charge < -0.3 is 5.73 Å². The van der Waals surface area contributed by atoms with Crippen LogP contribution < -0.4 is 5.73 Å². The lowest BCUT2D eigenvalue weighted by Crippen LogP contribution is -2.08. The quantitative estimate of drug-likeness (QED) is 0.883. The maximum Gasteiger partial charge on any atom is 0.184 e. The number of anilines is 1. The van der Waals surface area contributed by atoms with Gasteiger partial charge in [0.25, 0.3) is 0 Å². The minimum Gasteiger partial charge on any atom is -0.398 e. The van der Waals surface area contributed by atoms with Crippen molar-refractivity contribution in [2.75, 3.05) is 5.73 Å². The molecule has 2 rings (SSSR count). The molecule has 0 aliphatic rings. The van der Waals surface area contributed by atoms with E-state index in [1.54, 1.807) is 19.1 Å². The molecule has 0 spiro atoms. The second-order valence-electron chi connectivity index (χ2n) is 4.76. The minimum atomic E-state index is -3.71. The van der Waals surface area contributed by atoms with Crippen molar-refractivity contribution in [1.29, 1.82) is 5.26 Å². The molecule has 0 heterocycles. The largest absolute Gasteiger partial charge is 0.398 e. The van der Waals surface area contributed by atoms with Crippen LogP contribution in [0.2, 0.25) is 0 Å². The molecular formula is C15H13FN2O2S. The van der Waals surface area contributed by atoms with E-state index >= 15 is 0 Å². The summed E-state index contributed by atoms with van der Waals surface area (Å²) in [5.41, 5.74) is 6.92. The molecule has 0 unspecified atom stereocenters. The Labute approximate surface area is 122 Å². The molecule has 0 fully saturated rings. The molecular weight excluding hydrogens is 291 g/mol. The van der Waals surface area contributed by atoms with Crippen molar-refractivity contribution >= 4 is 15.5 Å². The lowest BCUT2D eigenvalue weighted by atomic mass is 10.1. The monoisotopic (exact) mass is 304 g/mol. The number of hydrogen-bond acceptors (Lipinski definition) is 4. The van der Waals surface area contributed by atoms with Crippen LogP contribution in [0.4, 0.5) is 10.1 Å². The van der Waals surface area contributed by atoms with E-state index in [0.717, 1.165) is 17.7 Å². The van der Waals surface area contributed by atoms with Gasteiger partial charge >= 0.3 is 0 Å². The molecule has 2 aromatic rings. The fourth-order valence-electron chi connectivity index (χ4n) is 2.01. The van der Waals surface area contributed by atoms with Gasteiger partial charge in [0.2, 0.25) is 0 Å². The van der Waals surface area contributed by atoms with Crippen LogP contribution in [0.25, 0.3) is 0 Å². The van der Waals surface area contributed by atoms with E-state index in [1.807, 2.05) is 0 Å². The second kappa shape index (κ2) is 5.54. The zero-order valence-electron chi connectivity index (χ0n) is 11.3. The van der Waals surface area contributed by atoms with Gasteiger partial charge in [0.15, 0.2) is 9.84 Å². The predicted molar refractivity (Wildman–Crippen MR) is 77.6 cm³/mol. The van der Waals surface area contributed by atoms with Crippen molar-refractivity contribution < 1.29 is 12.8 Å². The van der Waals surface area contributed by atoms with Gasteiger partial charge in [0.1, 0.15) is 5.82 Å². The van der Waals surface area contributed by atoms with Crippen molar-refractivity contribution in [3.8, 4) is 6.07 Å². The molecule has 4 nitrogen and oxygen atoms in total. The number of aryl methyl sites for hydroxylation is 1. The number of nitriles is 1. The number of nitrogens with zero attached hydrogens (tertiary/aromatic N) is 1. The van der Waals surface area contributed by atoms with Gasteiger partial charge in [-0.2, -0.15) is 5.26 Å². The Kier molecular flexibility index (Phi) is 3.96. The summed E-state index contributed by atoms with van der Waals surface area (Å²) in [5.74, 6) is -1.05. The smallest absolute Gasteiger partial charge is 0.184 e. The third-order valence-corrected chi connectivity index (χ3v) is 4.68. The highest BCUT2D eigenvalue weighted by Crippen LogP contribution is 2.24. The van der Waals surface area contributed by atoms with E-state index in [1.165, 1.54) is 18.2 Å². The van der Waals surface area contributed by atoms with Gasteiger partial charge in [-0.05, 0) is 48.4 Å². The summed E-state index contributed by atoms with van der Waals surface area (Å²) in [4.78, 5) is 0.0188. The number of rotatable bonds is 3. The number of nitrogen functional groups attached to an aromatic ring is 1. The Balaban J connectivity index is 2.45. The highest BCUT2D eigenvalue weighted by Gasteiger charge is 2.19. The number of halogens is 1. The van der Waals surface area contributed by atoms with Gasteiger partial charge in [0, 0.05) is 0 Å². The highest BCUT2D eigenvalue weighted by molar-refractivity contribution is 7.90. The van der Waals surface area contributed by atoms with Crippen LogP contribution in [-0.2, 0) is 15.6 Å². The van der Waals surface area contributed by atoms with Crippen LogP contribution in [0.3, 0.4) is 0 Å². The summed E-state index contributed by atoms with van der Waals surface area (Å²) in [6.45, 7) is 1.76. The standard InChI is InChI=1S/C15H13FN2O2S/c1-10-2-3-14(18)15(4-10)21(19,20)9-12-5-11(8-17)6-13(16)7-12/h2-7H,9,18H2,1H3. The molecule has 0 amide bonds. The zero-order valence-corrected chi connectivity index (χ0v) is 12.1. The number of hydrogen-bond donors (Lipinski definition) is 1. The van der Waals surface area contributed by atoms with E-state index in [9.17, 15) is 12.8 Å². The summed E-state index contributed by atoms with van der Waals surface area (Å²) >= 11 is 0. The van der Waals surface area contributed by atoms with Gasteiger partial charge in [-0.25, -0.2) is 12.8 Å². The SMILES string of the molecule is Cc1ccc(N)c(S(=O)(=O)Cc2cc(F)cc(C#N)c2)c1. The molecule has 0 aliphatic carbocycles. The highest BCUT2D eigenvalue weighted by atomic mass is 32.2. The first-order chi connectivity index (χ1) is 9.81. The molecule has 6 heteroatoms. The molecule has 0 aromatic heterocycles. The van der Waals surface area contributed by atoms with Crippen LogP contribution in [0.5, 0.6) is 0 Å². The molecule has 0 aliphatic heterocycles. The first-order valence-corrected chi connectivity index (χ1v) is 7.75. The summed E-state index contributed by atoms with van der Waals surface area (Å²) < 4.78 is 38.2. The number of benzene rings is 2. The molecule has 0 radical (unpaired) electrons. The zero-order chi connectivity index (χ0) is 15.6. The van der Waals surface area contributed by atoms with Crippen molar-refractivity contribution in [3.05, 3.63) is 58.9 Å². The third kappa shape index (κ3) is 3.38. The lowest BCUT2D eigenvalue weighted by molar-refractivity contribution is 0.595. The van der Waals surface area contributed by atoms with Crippen molar-refractivity contribution in [1.82, 2.24) is 0 Å². The van der Waals surface area contributed by atoms with Gasteiger partial charge in [0.05, 0.1) is 28.0 Å². The Morgan fingerprint density at radius 2 is 1.95 bits per heavy atom. The lowest BCUT2D eigenvalue weighted by Gasteiger charge is -2.09. The van der Waals surface area contributed by atoms with Gasteiger partial charge in [-0.15, -0.1) is 0 Å². The molecule has 2 aromatic carbocycles. The molecule has 2 N–H and O–H groups in total. The number of sulfone groups is 1. The molecule has 21 heavy (non-hydrogen) atoms. The molecule has 108 valence electrons. The summed E-state index contributed by atoms with van der Waals surface area (Å²) in [6.07, 6.45) is 0. The van der Waals surface area contributed by atoms with Crippen LogP contribution in [0.15, 0.2) is 41.3 Å². The first kappa shape index (κ1) is 15.0. The Bertz CT molecular complexity index is 839. The predicted octanol–water partition coefficient (Wildman–Crippen LogP) is 2.56. The molecule has 0 saturated heterocycles. The van der Waals surface area contributed by atoms with Crippen molar-refractivity contribution in [2.45, 2.75) is 17.6 Å². The number of nitrogens with two attached hydrogens (primary N) is 1. The third-order valence-electron chi connectivity index (χ3n) is 2.95. The summed E-state index contributed by atoms with van der Waals surface area (Å²) in [7, 11) is -3.71. The van der Waals surface area contributed by atoms with Crippen LogP contribution in [0.1, 0.15) is 16.7 Å². The van der Waals surface area contributed by atoms with E-state index < -0.39 is 21.4 Å². The Hall–Kier alpha value is -2.39. The van der Waals surface area contributed by atoms with Crippen LogP contribution in [0, 0.1) is 24.1 Å². The van der Waals surface area contributed by atoms with E-state index in [2.05, 4.69) is 0 Å². The van der Waals surface area contributed by atoms with E-state index in [0.29, 0.717) is 0 Å². The molecule has 0 bridgehead atoms.